The molecular formula is C13H17Cl. The minimum absolute atomic E-state index is 0.813. The fraction of sp³-hybridized carbons (Fsp3) is 0.385. The lowest BCUT2D eigenvalue weighted by Crippen LogP contribution is -1.79. The maximum absolute atomic E-state index is 5.88. The Balaban J connectivity index is 2.62. The van der Waals surface area contributed by atoms with Gasteiger partial charge in [-0.3, -0.25) is 0 Å². The van der Waals surface area contributed by atoms with Crippen molar-refractivity contribution in [2.45, 2.75) is 33.1 Å². The first kappa shape index (κ1) is 11.3. The van der Waals surface area contributed by atoms with Crippen LogP contribution in [-0.4, -0.2) is 0 Å². The molecule has 1 heteroatoms. The van der Waals surface area contributed by atoms with Gasteiger partial charge in [-0.25, -0.2) is 0 Å². The Bertz CT molecular complexity index is 313. The highest BCUT2D eigenvalue weighted by Crippen LogP contribution is 2.16. The number of benzene rings is 1. The van der Waals surface area contributed by atoms with E-state index in [1.165, 1.54) is 30.4 Å². The predicted molar refractivity (Wildman–Crippen MR) is 64.7 cm³/mol. The molecule has 0 fully saturated rings. The third-order valence-corrected chi connectivity index (χ3v) is 2.49. The largest absolute Gasteiger partial charge is 0.0843 e. The van der Waals surface area contributed by atoms with Gasteiger partial charge in [0.2, 0.25) is 0 Å². The molecular weight excluding hydrogens is 192 g/mol. The monoisotopic (exact) mass is 208 g/mol. The van der Waals surface area contributed by atoms with Gasteiger partial charge in [0.1, 0.15) is 0 Å². The zero-order valence-electron chi connectivity index (χ0n) is 8.89. The normalized spacial score (nSPS) is 11.1. The smallest absolute Gasteiger partial charge is 0.0409 e. The summed E-state index contributed by atoms with van der Waals surface area (Å²) in [4.78, 5) is 0. The van der Waals surface area contributed by atoms with Crippen LogP contribution >= 0.6 is 11.6 Å². The van der Waals surface area contributed by atoms with Crippen molar-refractivity contribution in [1.29, 1.82) is 0 Å². The van der Waals surface area contributed by atoms with Gasteiger partial charge in [0.15, 0.2) is 0 Å². The van der Waals surface area contributed by atoms with Crippen LogP contribution in [0.5, 0.6) is 0 Å². The van der Waals surface area contributed by atoms with E-state index in [0.717, 1.165) is 5.02 Å². The molecule has 0 aliphatic carbocycles. The molecule has 0 N–H and O–H groups in total. The topological polar surface area (TPSA) is 0 Å². The van der Waals surface area contributed by atoms with Crippen LogP contribution in [0.2, 0.25) is 5.02 Å². The summed E-state index contributed by atoms with van der Waals surface area (Å²) in [6.07, 6.45) is 8.10. The van der Waals surface area contributed by atoms with E-state index in [4.69, 9.17) is 11.6 Å². The molecule has 0 spiro atoms. The first-order valence-corrected chi connectivity index (χ1v) is 5.54. The molecule has 0 unspecified atom stereocenters. The fourth-order valence-corrected chi connectivity index (χ4v) is 1.59. The van der Waals surface area contributed by atoms with E-state index < -0.39 is 0 Å². The summed E-state index contributed by atoms with van der Waals surface area (Å²) in [5.41, 5.74) is 2.51. The van der Waals surface area contributed by atoms with Crippen molar-refractivity contribution in [3.63, 3.8) is 0 Å². The van der Waals surface area contributed by atoms with E-state index in [1.54, 1.807) is 0 Å². The third kappa shape index (κ3) is 3.55. The number of aryl methyl sites for hydroxylation is 1. The summed E-state index contributed by atoms with van der Waals surface area (Å²) in [5.74, 6) is 0. The number of halogens is 1. The summed E-state index contributed by atoms with van der Waals surface area (Å²) in [5, 5.41) is 0.813. The van der Waals surface area contributed by atoms with E-state index in [9.17, 15) is 0 Å². The van der Waals surface area contributed by atoms with Crippen LogP contribution in [0.15, 0.2) is 24.3 Å². The van der Waals surface area contributed by atoms with Crippen LogP contribution in [0.4, 0.5) is 0 Å². The zero-order valence-corrected chi connectivity index (χ0v) is 9.64. The summed E-state index contributed by atoms with van der Waals surface area (Å²) < 4.78 is 0. The van der Waals surface area contributed by atoms with E-state index in [-0.39, 0.29) is 0 Å². The molecule has 0 aromatic heterocycles. The molecule has 0 saturated carbocycles. The van der Waals surface area contributed by atoms with E-state index >= 15 is 0 Å². The Morgan fingerprint density at radius 2 is 2.14 bits per heavy atom. The van der Waals surface area contributed by atoms with E-state index in [0.29, 0.717) is 0 Å². The van der Waals surface area contributed by atoms with Crippen LogP contribution in [0.3, 0.4) is 0 Å². The second-order valence-electron chi connectivity index (χ2n) is 3.55. The lowest BCUT2D eigenvalue weighted by atomic mass is 10.1. The van der Waals surface area contributed by atoms with Crippen molar-refractivity contribution in [2.24, 2.45) is 0 Å². The van der Waals surface area contributed by atoms with Crippen molar-refractivity contribution in [3.8, 4) is 0 Å². The number of allylic oxidation sites excluding steroid dienone is 1. The summed E-state index contributed by atoms with van der Waals surface area (Å²) in [6.45, 7) is 4.30. The van der Waals surface area contributed by atoms with Gasteiger partial charge in [0.25, 0.3) is 0 Å². The Hall–Kier alpha value is -0.750. The molecule has 0 aliphatic rings. The molecule has 0 nitrogen and oxygen atoms in total. The second kappa shape index (κ2) is 5.87. The van der Waals surface area contributed by atoms with Gasteiger partial charge in [-0.15, -0.1) is 0 Å². The van der Waals surface area contributed by atoms with Crippen LogP contribution in [0.25, 0.3) is 6.08 Å². The molecule has 14 heavy (non-hydrogen) atoms. The van der Waals surface area contributed by atoms with E-state index in [1.807, 2.05) is 12.1 Å². The summed E-state index contributed by atoms with van der Waals surface area (Å²) in [7, 11) is 0. The molecule has 0 aliphatic heterocycles. The van der Waals surface area contributed by atoms with Crippen molar-refractivity contribution in [3.05, 3.63) is 40.4 Å². The zero-order chi connectivity index (χ0) is 10.4. The first-order chi connectivity index (χ1) is 6.74. The Labute approximate surface area is 91.6 Å². The van der Waals surface area contributed by atoms with Gasteiger partial charge in [-0.2, -0.15) is 0 Å². The summed E-state index contributed by atoms with van der Waals surface area (Å²) >= 11 is 5.88. The quantitative estimate of drug-likeness (QED) is 0.621. The highest BCUT2D eigenvalue weighted by molar-refractivity contribution is 6.30. The molecule has 1 aromatic rings. The van der Waals surface area contributed by atoms with Gasteiger partial charge < -0.3 is 0 Å². The van der Waals surface area contributed by atoms with E-state index in [2.05, 4.69) is 32.1 Å². The maximum atomic E-state index is 5.88. The molecule has 0 amide bonds. The Morgan fingerprint density at radius 3 is 2.79 bits per heavy atom. The first-order valence-electron chi connectivity index (χ1n) is 5.16. The van der Waals surface area contributed by atoms with Gasteiger partial charge in [-0.1, -0.05) is 49.6 Å². The molecule has 0 saturated heterocycles. The van der Waals surface area contributed by atoms with Crippen LogP contribution < -0.4 is 0 Å². The lowest BCUT2D eigenvalue weighted by Gasteiger charge is -2.00. The highest BCUT2D eigenvalue weighted by atomic mass is 35.5. The molecule has 1 rings (SSSR count). The maximum Gasteiger partial charge on any atom is 0.0409 e. The molecule has 0 atom stereocenters. The van der Waals surface area contributed by atoms with Crippen molar-refractivity contribution in [2.75, 3.05) is 0 Å². The highest BCUT2D eigenvalue weighted by Gasteiger charge is 1.94. The standard InChI is InChI=1S/C13H17Cl/c1-3-4-5-6-7-12-8-9-13(14)10-11(12)2/h6-10H,3-5H2,1-2H3/b7-6+. The minimum atomic E-state index is 0.813. The average molecular weight is 209 g/mol. The number of hydrogen-bond acceptors (Lipinski definition) is 0. The average Bonchev–Trinajstić information content (AvgIpc) is 2.15. The Kier molecular flexibility index (Phi) is 4.75. The number of unbranched alkanes of at least 4 members (excludes halogenated alkanes) is 2. The van der Waals surface area contributed by atoms with Gasteiger partial charge >= 0.3 is 0 Å². The van der Waals surface area contributed by atoms with Crippen molar-refractivity contribution >= 4 is 17.7 Å². The molecule has 0 heterocycles. The van der Waals surface area contributed by atoms with Crippen LogP contribution in [-0.2, 0) is 0 Å². The SMILES string of the molecule is CCCC/C=C/c1ccc(Cl)cc1C. The molecule has 1 aromatic carbocycles. The third-order valence-electron chi connectivity index (χ3n) is 2.25. The summed E-state index contributed by atoms with van der Waals surface area (Å²) in [6, 6.07) is 6.01. The predicted octanol–water partition coefficient (Wildman–Crippen LogP) is 4.85. The van der Waals surface area contributed by atoms with Gasteiger partial charge in [0, 0.05) is 5.02 Å². The molecule has 0 bridgehead atoms. The number of rotatable bonds is 4. The van der Waals surface area contributed by atoms with Crippen molar-refractivity contribution < 1.29 is 0 Å². The van der Waals surface area contributed by atoms with Crippen LogP contribution in [0.1, 0.15) is 37.3 Å². The second-order valence-corrected chi connectivity index (χ2v) is 3.98. The number of hydrogen-bond donors (Lipinski definition) is 0. The van der Waals surface area contributed by atoms with Crippen LogP contribution in [0, 0.1) is 6.92 Å². The van der Waals surface area contributed by atoms with Gasteiger partial charge in [0.05, 0.1) is 0 Å². The minimum Gasteiger partial charge on any atom is -0.0843 e. The van der Waals surface area contributed by atoms with Gasteiger partial charge in [-0.05, 0) is 36.6 Å². The lowest BCUT2D eigenvalue weighted by molar-refractivity contribution is 0.816. The Morgan fingerprint density at radius 1 is 1.36 bits per heavy atom. The molecule has 76 valence electrons. The van der Waals surface area contributed by atoms with Crippen molar-refractivity contribution in [1.82, 2.24) is 0 Å². The fourth-order valence-electron chi connectivity index (χ4n) is 1.36. The molecule has 0 radical (unpaired) electrons.